The Bertz CT molecular complexity index is 5350. The van der Waals surface area contributed by atoms with Gasteiger partial charge in [-0.3, -0.25) is 16.2 Å². The predicted molar refractivity (Wildman–Crippen MR) is 582 cm³/mol. The second kappa shape index (κ2) is 63.9. The molecule has 0 spiro atoms. The fourth-order valence-corrected chi connectivity index (χ4v) is 15.8. The monoisotopic (exact) mass is 2030 g/mol. The second-order valence-corrected chi connectivity index (χ2v) is 37.8. The third-order valence-corrected chi connectivity index (χ3v) is 24.6. The van der Waals surface area contributed by atoms with Crippen LogP contribution in [-0.4, -0.2) is 200 Å². The lowest BCUT2D eigenvalue weighted by Gasteiger charge is -2.16. The quantitative estimate of drug-likeness (QED) is 0.0406. The molecular formula is C81H135N45S9. The first-order chi connectivity index (χ1) is 63.2. The van der Waals surface area contributed by atoms with Gasteiger partial charge in [0.1, 0.15) is 0 Å². The number of nitrogens with two attached hydrogens (primary N) is 21. The smallest absolute Gasteiger partial charge is 0.221 e. The minimum Gasteiger partial charge on any atom is -0.370 e. The van der Waals surface area contributed by atoms with Crippen LogP contribution < -0.4 is 120 Å². The van der Waals surface area contributed by atoms with Gasteiger partial charge >= 0.3 is 0 Å². The van der Waals surface area contributed by atoms with Gasteiger partial charge < -0.3 is 150 Å². The van der Waals surface area contributed by atoms with E-state index in [1.807, 2.05) is 72.8 Å². The average Bonchev–Trinajstić information content (AvgIpc) is 1.76. The first-order valence-corrected chi connectivity index (χ1v) is 47.9. The highest BCUT2D eigenvalue weighted by atomic mass is 32.1. The molecular weight excluding hydrogens is 1890 g/mol. The molecule has 0 radical (unpaired) electrons. The Morgan fingerprint density at radius 3 is 0.733 bits per heavy atom. The van der Waals surface area contributed by atoms with Crippen molar-refractivity contribution in [3.63, 3.8) is 0 Å². The van der Waals surface area contributed by atoms with Crippen molar-refractivity contribution in [2.24, 2.45) is 195 Å². The molecule has 0 fully saturated rings. The molecule has 135 heavy (non-hydrogen) atoms. The van der Waals surface area contributed by atoms with Crippen molar-refractivity contribution in [1.29, 1.82) is 16.2 Å². The van der Waals surface area contributed by atoms with E-state index in [0.29, 0.717) is 76.8 Å². The molecule has 9 rings (SSSR count). The zero-order valence-electron chi connectivity index (χ0n) is 79.4. The van der Waals surface area contributed by atoms with Crippen LogP contribution in [0.3, 0.4) is 0 Å². The van der Waals surface area contributed by atoms with Crippen molar-refractivity contribution in [3.05, 3.63) is 197 Å². The minimum atomic E-state index is -0.0895. The van der Waals surface area contributed by atoms with Crippen molar-refractivity contribution in [2.75, 3.05) is 63.4 Å². The van der Waals surface area contributed by atoms with E-state index in [1.165, 1.54) is 68.2 Å². The molecule has 738 valence electrons. The average molecular weight is 2030 g/mol. The fourth-order valence-electron chi connectivity index (χ4n) is 9.02. The van der Waals surface area contributed by atoms with Gasteiger partial charge in [0.15, 0.2) is 53.6 Å². The molecule has 54 heteroatoms. The van der Waals surface area contributed by atoms with E-state index in [1.54, 1.807) is 195 Å². The Morgan fingerprint density at radius 1 is 0.259 bits per heavy atom. The van der Waals surface area contributed by atoms with Gasteiger partial charge in [0.25, 0.3) is 0 Å². The zero-order chi connectivity index (χ0) is 102. The number of nitrogens with zero attached hydrogens (tertiary/aromatic N) is 21. The van der Waals surface area contributed by atoms with Gasteiger partial charge in [-0.05, 0) is 230 Å². The SMILES string of the molecule is Cc1cc(CN(C)C(=N)N=C(N)N)cs1.Cc1cc(CN=C(N)N=C(N)N(C)C)cs1.Cc1cc(CN=C(N)N=C(N)N)cs1.Cc1cscc1CN(C)C(=N)N=C(N)N.Cc1cscc1CN=C(N)N=C(N)N.Cc1cscc1CN=C(N)N=C(N)N(C)C.Cc1sccc1CN(C)C(=N)N=C(N)N.Cc1sccc1CN=C(N)N=C(N)N.Cc1sccc1CN=C(N)N=C(N)N(C)C. The summed E-state index contributed by atoms with van der Waals surface area (Å²) in [6, 6.07) is 12.3. The van der Waals surface area contributed by atoms with E-state index >= 15 is 0 Å². The third kappa shape index (κ3) is 54.5. The molecule has 45 N–H and O–H groups in total. The molecule has 0 bridgehead atoms. The molecule has 9 aromatic rings. The Hall–Kier alpha value is -14.0. The van der Waals surface area contributed by atoms with E-state index in [2.05, 4.69) is 165 Å². The number of guanidine groups is 18. The summed E-state index contributed by atoms with van der Waals surface area (Å²) in [5, 5.41) is 47.3. The lowest BCUT2D eigenvalue weighted by Crippen LogP contribution is -2.32. The standard InChI is InChI=1S/3C10H17N5S.3C9H15N5S.3C8H13N5S/c1-7-5-16-6-8(7)4-13-9(11)14-10(12)15(2)3;1-7-4-8(6-16-7)5-13-9(11)14-10(12)15(2)3;1-7-8(4-5-16-7)6-13-9(11)14-10(12)15(2)3;1-6-4-15-5-7(6)3-14(2)9(12)13-8(10)11;1-6-3-7(5-15-6)4-14(2)9(12)13-8(10)11;1-6-7(3-4-15-6)5-14(2)9(12)13-8(10)11;1-5-3-14-4-6(5)2-12-8(11)13-7(9)10;1-5-2-6(4-14-5)3-12-8(11)13-7(9)10;1-5-6(2-3-14-5)4-12-8(11)13-7(9)10/h5-6H,4H2,1-3H3,(H4,11,12,13,14);4,6H,5H2,1-3H3,(H4,11,12,13,14);4-5H,6H2,1-3H3,(H4,11,12,13,14);4-5H,3H2,1-2H3,(H5,10,11,12,13);3,5H,4H2,1-2H3,(H5,10,11,12,13);3-4H,5H2,1-2H3,(H5,10,11,12,13);3-4H,2H2,1H3,(H6,9,10,11,12,13);2,4H,3H2,1H3,(H6,9,10,11,12,13);2-3H,4H2,1H3,(H6,9,10,11,12,13). The van der Waals surface area contributed by atoms with Crippen LogP contribution in [0.5, 0.6) is 0 Å². The van der Waals surface area contributed by atoms with Crippen LogP contribution in [0, 0.1) is 78.5 Å². The van der Waals surface area contributed by atoms with E-state index in [-0.39, 0.29) is 89.4 Å². The highest BCUT2D eigenvalue weighted by Crippen LogP contribution is 2.22. The maximum Gasteiger partial charge on any atom is 0.221 e. The topological polar surface area (TPSA) is 823 Å². The summed E-state index contributed by atoms with van der Waals surface area (Å²) in [5.41, 5.74) is 126. The Balaban J connectivity index is 0.000000760. The van der Waals surface area contributed by atoms with Crippen molar-refractivity contribution in [1.82, 2.24) is 29.4 Å². The van der Waals surface area contributed by atoms with Crippen LogP contribution in [0.1, 0.15) is 96.0 Å². The number of aliphatic imine (C=N–C) groups is 15. The number of nitrogens with one attached hydrogen (secondary N) is 3. The first-order valence-electron chi connectivity index (χ1n) is 39.8. The molecule has 0 atom stereocenters. The summed E-state index contributed by atoms with van der Waals surface area (Å²) < 4.78 is 0. The summed E-state index contributed by atoms with van der Waals surface area (Å²) >= 11 is 15.1. The third-order valence-electron chi connectivity index (χ3n) is 16.4. The molecule has 0 aliphatic rings. The molecule has 0 aliphatic carbocycles. The molecule has 9 aromatic heterocycles. The summed E-state index contributed by atoms with van der Waals surface area (Å²) in [7, 11) is 16.1. The van der Waals surface area contributed by atoms with Gasteiger partial charge in [-0.25, -0.2) is 30.0 Å². The number of thiophene rings is 9. The van der Waals surface area contributed by atoms with Gasteiger partial charge in [0.05, 0.1) is 39.3 Å². The van der Waals surface area contributed by atoms with Crippen LogP contribution >= 0.6 is 102 Å². The Morgan fingerprint density at radius 2 is 0.496 bits per heavy atom. The van der Waals surface area contributed by atoms with Crippen LogP contribution in [0.2, 0.25) is 0 Å². The van der Waals surface area contributed by atoms with E-state index < -0.39 is 0 Å². The Kier molecular flexibility index (Phi) is 56.3. The maximum absolute atomic E-state index is 7.58. The zero-order valence-corrected chi connectivity index (χ0v) is 86.8. The number of aryl methyl sites for hydroxylation is 9. The van der Waals surface area contributed by atoms with Crippen molar-refractivity contribution in [2.45, 2.75) is 121 Å². The molecule has 0 saturated carbocycles. The predicted octanol–water partition coefficient (Wildman–Crippen LogP) is 4.77. The molecule has 45 nitrogen and oxygen atoms in total. The van der Waals surface area contributed by atoms with Gasteiger partial charge in [0.2, 0.25) is 53.6 Å². The van der Waals surface area contributed by atoms with E-state index in [0.717, 1.165) is 27.8 Å². The highest BCUT2D eigenvalue weighted by molar-refractivity contribution is 7.11. The van der Waals surface area contributed by atoms with Gasteiger partial charge in [-0.2, -0.15) is 78.9 Å². The highest BCUT2D eigenvalue weighted by Gasteiger charge is 2.12. The first kappa shape index (κ1) is 119. The normalized spacial score (nSPS) is 11.4. The molecule has 0 aliphatic heterocycles. The van der Waals surface area contributed by atoms with E-state index in [4.69, 9.17) is 137 Å². The van der Waals surface area contributed by atoms with Crippen molar-refractivity contribution >= 4 is 209 Å². The lowest BCUT2D eigenvalue weighted by molar-refractivity contribution is 0.491. The van der Waals surface area contributed by atoms with Gasteiger partial charge in [-0.1, -0.05) is 0 Å². The van der Waals surface area contributed by atoms with Crippen molar-refractivity contribution < 1.29 is 0 Å². The number of hydrogen-bond donors (Lipinski definition) is 24. The fraction of sp³-hybridized carbons (Fsp3) is 0.333. The molecule has 9 heterocycles. The minimum absolute atomic E-state index is 0.0684. The molecule has 0 amide bonds. The van der Waals surface area contributed by atoms with Crippen LogP contribution in [0.4, 0.5) is 0 Å². The maximum atomic E-state index is 7.58. The van der Waals surface area contributed by atoms with Gasteiger partial charge in [0, 0.05) is 112 Å². The van der Waals surface area contributed by atoms with Crippen molar-refractivity contribution in [3.8, 4) is 0 Å². The van der Waals surface area contributed by atoms with Crippen LogP contribution in [-0.2, 0) is 58.9 Å². The summed E-state index contributed by atoms with van der Waals surface area (Å²) in [5.74, 6) is 1.70. The summed E-state index contributed by atoms with van der Waals surface area (Å²) in [6.07, 6.45) is 0. The molecule has 0 unspecified atom stereocenters. The summed E-state index contributed by atoms with van der Waals surface area (Å²) in [6.45, 7) is 23.5. The van der Waals surface area contributed by atoms with Crippen LogP contribution in [0.25, 0.3) is 0 Å². The largest absolute Gasteiger partial charge is 0.370 e. The molecule has 0 aromatic carbocycles. The second-order valence-electron chi connectivity index (χ2n) is 28.8. The van der Waals surface area contributed by atoms with Gasteiger partial charge in [-0.15, -0.1) is 68.0 Å². The number of rotatable bonds is 18. The Labute approximate surface area is 825 Å². The summed E-state index contributed by atoms with van der Waals surface area (Å²) in [4.78, 5) is 75.8. The number of hydrogen-bond acceptors (Lipinski definition) is 18. The van der Waals surface area contributed by atoms with E-state index in [9.17, 15) is 0 Å². The van der Waals surface area contributed by atoms with Crippen LogP contribution in [0.15, 0.2) is 176 Å². The lowest BCUT2D eigenvalue weighted by atomic mass is 10.2. The molecule has 0 saturated heterocycles.